The SMILES string of the molecule is CCC(C)NC(=O)C(Cc1ccccc1)N(Cc1ccc(Cl)cc1Cl)C(=O)CN(c1cccc(OC)c1)S(=O)(=O)c1ccc(C)cc1. The number of ether oxygens (including phenoxy) is 1. The number of rotatable bonds is 14. The molecule has 8 nitrogen and oxygen atoms in total. The first-order chi connectivity index (χ1) is 22.4. The summed E-state index contributed by atoms with van der Waals surface area (Å²) in [6.07, 6.45) is 0.864. The molecule has 2 amide bonds. The number of methoxy groups -OCH3 is 1. The van der Waals surface area contributed by atoms with Gasteiger partial charge in [-0.15, -0.1) is 0 Å². The Hall–Kier alpha value is -4.05. The van der Waals surface area contributed by atoms with Crippen molar-refractivity contribution in [2.75, 3.05) is 18.0 Å². The lowest BCUT2D eigenvalue weighted by Crippen LogP contribution is -2.54. The highest BCUT2D eigenvalue weighted by molar-refractivity contribution is 7.92. The predicted octanol–water partition coefficient (Wildman–Crippen LogP) is 7.06. The van der Waals surface area contributed by atoms with Crippen LogP contribution in [0.15, 0.2) is 102 Å². The predicted molar refractivity (Wildman–Crippen MR) is 188 cm³/mol. The molecular weight excluding hydrogens is 657 g/mol. The van der Waals surface area contributed by atoms with Crippen LogP contribution in [-0.2, 0) is 32.6 Å². The maximum atomic E-state index is 14.6. The van der Waals surface area contributed by atoms with E-state index in [1.807, 2.05) is 51.1 Å². The summed E-state index contributed by atoms with van der Waals surface area (Å²) in [6.45, 7) is 5.03. The normalized spacial score (nSPS) is 12.6. The number of nitrogens with one attached hydrogen (secondary N) is 1. The molecule has 0 aromatic heterocycles. The fourth-order valence-electron chi connectivity index (χ4n) is 4.96. The summed E-state index contributed by atoms with van der Waals surface area (Å²) in [5.41, 5.74) is 2.49. The van der Waals surface area contributed by atoms with Crippen LogP contribution in [0.5, 0.6) is 5.75 Å². The standard InChI is InChI=1S/C36H39Cl2N3O5S/c1-5-26(3)39-36(43)34(20-27-10-7-6-8-11-27)40(23-28-16-17-29(37)21-33(28)38)35(42)24-41(30-12-9-13-31(22-30)46-4)47(44,45)32-18-14-25(2)15-19-32/h6-19,21-22,26,34H,5,20,23-24H2,1-4H3,(H,39,43). The summed E-state index contributed by atoms with van der Waals surface area (Å²) in [4.78, 5) is 30.0. The summed E-state index contributed by atoms with van der Waals surface area (Å²) in [5, 5.41) is 3.75. The van der Waals surface area contributed by atoms with Crippen LogP contribution in [0, 0.1) is 6.92 Å². The number of benzene rings is 4. The van der Waals surface area contributed by atoms with Crippen LogP contribution in [0.4, 0.5) is 5.69 Å². The van der Waals surface area contributed by atoms with Gasteiger partial charge in [0.25, 0.3) is 10.0 Å². The quantitative estimate of drug-likeness (QED) is 0.152. The molecule has 0 fully saturated rings. The summed E-state index contributed by atoms with van der Waals surface area (Å²) in [5.74, 6) is -0.551. The number of anilines is 1. The molecule has 2 atom stereocenters. The molecule has 0 saturated carbocycles. The molecule has 0 radical (unpaired) electrons. The molecular formula is C36H39Cl2N3O5S. The summed E-state index contributed by atoms with van der Waals surface area (Å²) in [6, 6.07) is 26.0. The summed E-state index contributed by atoms with van der Waals surface area (Å²) >= 11 is 12.8. The Morgan fingerprint density at radius 1 is 0.915 bits per heavy atom. The smallest absolute Gasteiger partial charge is 0.264 e. The van der Waals surface area contributed by atoms with Crippen LogP contribution in [0.1, 0.15) is 37.0 Å². The molecule has 4 aromatic carbocycles. The van der Waals surface area contributed by atoms with E-state index in [2.05, 4.69) is 5.32 Å². The van der Waals surface area contributed by atoms with Crippen molar-refractivity contribution in [2.24, 2.45) is 0 Å². The van der Waals surface area contributed by atoms with Crippen molar-refractivity contribution in [3.63, 3.8) is 0 Å². The molecule has 1 N–H and O–H groups in total. The number of nitrogens with zero attached hydrogens (tertiary/aromatic N) is 2. The topological polar surface area (TPSA) is 96.0 Å². The van der Waals surface area contributed by atoms with Crippen molar-refractivity contribution in [1.82, 2.24) is 10.2 Å². The number of amides is 2. The van der Waals surface area contributed by atoms with Crippen molar-refractivity contribution in [2.45, 2.75) is 57.1 Å². The number of hydrogen-bond acceptors (Lipinski definition) is 5. The maximum absolute atomic E-state index is 14.6. The monoisotopic (exact) mass is 695 g/mol. The zero-order chi connectivity index (χ0) is 34.1. The van der Waals surface area contributed by atoms with E-state index in [1.54, 1.807) is 54.6 Å². The Kier molecular flexibility index (Phi) is 12.3. The molecule has 4 aromatic rings. The third-order valence-electron chi connectivity index (χ3n) is 7.86. The van der Waals surface area contributed by atoms with Gasteiger partial charge in [0.2, 0.25) is 11.8 Å². The van der Waals surface area contributed by atoms with E-state index in [1.165, 1.54) is 24.1 Å². The lowest BCUT2D eigenvalue weighted by molar-refractivity contribution is -0.140. The van der Waals surface area contributed by atoms with Crippen LogP contribution in [0.3, 0.4) is 0 Å². The minimum Gasteiger partial charge on any atom is -0.497 e. The summed E-state index contributed by atoms with van der Waals surface area (Å²) < 4.78 is 34.9. The molecule has 0 aliphatic rings. The first kappa shape index (κ1) is 35.8. The van der Waals surface area contributed by atoms with Gasteiger partial charge in [-0.2, -0.15) is 0 Å². The van der Waals surface area contributed by atoms with E-state index in [4.69, 9.17) is 27.9 Å². The fourth-order valence-corrected chi connectivity index (χ4v) is 6.83. The minimum atomic E-state index is -4.25. The first-order valence-electron chi connectivity index (χ1n) is 15.2. The van der Waals surface area contributed by atoms with Crippen molar-refractivity contribution in [3.05, 3.63) is 124 Å². The van der Waals surface area contributed by atoms with E-state index in [0.29, 0.717) is 27.8 Å². The molecule has 0 spiro atoms. The highest BCUT2D eigenvalue weighted by Gasteiger charge is 2.35. The van der Waals surface area contributed by atoms with Gasteiger partial charge in [0.15, 0.2) is 0 Å². The van der Waals surface area contributed by atoms with Gasteiger partial charge in [-0.3, -0.25) is 13.9 Å². The van der Waals surface area contributed by atoms with E-state index < -0.39 is 28.5 Å². The van der Waals surface area contributed by atoms with Gasteiger partial charge in [0, 0.05) is 35.1 Å². The number of carbonyl (C=O) groups excluding carboxylic acids is 2. The van der Waals surface area contributed by atoms with E-state index >= 15 is 0 Å². The van der Waals surface area contributed by atoms with Gasteiger partial charge < -0.3 is 15.0 Å². The molecule has 47 heavy (non-hydrogen) atoms. The van der Waals surface area contributed by atoms with Gasteiger partial charge in [0.1, 0.15) is 18.3 Å². The van der Waals surface area contributed by atoms with Crippen LogP contribution < -0.4 is 14.4 Å². The van der Waals surface area contributed by atoms with Crippen molar-refractivity contribution in [3.8, 4) is 5.75 Å². The van der Waals surface area contributed by atoms with Gasteiger partial charge in [-0.05, 0) is 67.8 Å². The molecule has 2 unspecified atom stereocenters. The lowest BCUT2D eigenvalue weighted by atomic mass is 10.0. The van der Waals surface area contributed by atoms with Crippen molar-refractivity contribution in [1.29, 1.82) is 0 Å². The fraction of sp³-hybridized carbons (Fsp3) is 0.278. The second-order valence-corrected chi connectivity index (χ2v) is 14.0. The van der Waals surface area contributed by atoms with Gasteiger partial charge in [-0.25, -0.2) is 8.42 Å². The second-order valence-electron chi connectivity index (χ2n) is 11.3. The van der Waals surface area contributed by atoms with Gasteiger partial charge >= 0.3 is 0 Å². The number of carbonyl (C=O) groups is 2. The Bertz CT molecular complexity index is 1790. The Labute approximate surface area is 287 Å². The number of halogens is 2. The average molecular weight is 697 g/mol. The number of hydrogen-bond donors (Lipinski definition) is 1. The lowest BCUT2D eigenvalue weighted by Gasteiger charge is -2.34. The Morgan fingerprint density at radius 3 is 2.26 bits per heavy atom. The van der Waals surface area contributed by atoms with Crippen LogP contribution in [0.25, 0.3) is 0 Å². The van der Waals surface area contributed by atoms with E-state index in [0.717, 1.165) is 15.4 Å². The molecule has 0 bridgehead atoms. The van der Waals surface area contributed by atoms with Crippen LogP contribution >= 0.6 is 23.2 Å². The molecule has 0 aliphatic carbocycles. The van der Waals surface area contributed by atoms with Crippen LogP contribution in [-0.4, -0.2) is 50.9 Å². The van der Waals surface area contributed by atoms with Crippen molar-refractivity contribution < 1.29 is 22.7 Å². The highest BCUT2D eigenvalue weighted by Crippen LogP contribution is 2.29. The van der Waals surface area contributed by atoms with Crippen LogP contribution in [0.2, 0.25) is 10.0 Å². The molecule has 0 aliphatic heterocycles. The second kappa shape index (κ2) is 16.2. The van der Waals surface area contributed by atoms with E-state index in [9.17, 15) is 18.0 Å². The Balaban J connectivity index is 1.84. The minimum absolute atomic E-state index is 0.0152. The zero-order valence-corrected chi connectivity index (χ0v) is 29.1. The largest absolute Gasteiger partial charge is 0.497 e. The molecule has 4 rings (SSSR count). The van der Waals surface area contributed by atoms with Crippen molar-refractivity contribution >= 4 is 50.7 Å². The van der Waals surface area contributed by atoms with Gasteiger partial charge in [0.05, 0.1) is 17.7 Å². The van der Waals surface area contributed by atoms with Gasteiger partial charge in [-0.1, -0.05) is 90.3 Å². The molecule has 11 heteroatoms. The molecule has 0 heterocycles. The Morgan fingerprint density at radius 2 is 1.62 bits per heavy atom. The molecule has 248 valence electrons. The maximum Gasteiger partial charge on any atom is 0.264 e. The summed E-state index contributed by atoms with van der Waals surface area (Å²) in [7, 11) is -2.78. The van der Waals surface area contributed by atoms with E-state index in [-0.39, 0.29) is 35.5 Å². The third-order valence-corrected chi connectivity index (χ3v) is 10.2. The first-order valence-corrected chi connectivity index (χ1v) is 17.4. The number of aryl methyl sites for hydroxylation is 1. The average Bonchev–Trinajstić information content (AvgIpc) is 3.06. The zero-order valence-electron chi connectivity index (χ0n) is 26.8. The number of sulfonamides is 1. The molecule has 0 saturated heterocycles. The third kappa shape index (κ3) is 9.28. The highest BCUT2D eigenvalue weighted by atomic mass is 35.5.